The minimum Gasteiger partial charge on any atom is -0.302 e. The Morgan fingerprint density at radius 3 is 3.05 bits per heavy atom. The minimum absolute atomic E-state index is 0.309. The summed E-state index contributed by atoms with van der Waals surface area (Å²) >= 11 is 0. The Morgan fingerprint density at radius 2 is 2.21 bits per heavy atom. The molecule has 1 aromatic rings. The van der Waals surface area contributed by atoms with Gasteiger partial charge < -0.3 is 9.69 Å². The fourth-order valence-electron chi connectivity index (χ4n) is 3.31. The summed E-state index contributed by atoms with van der Waals surface area (Å²) in [5, 5.41) is 0. The predicted molar refractivity (Wildman–Crippen MR) is 78.1 cm³/mol. The van der Waals surface area contributed by atoms with Crippen molar-refractivity contribution in [2.24, 2.45) is 0 Å². The van der Waals surface area contributed by atoms with E-state index in [1.54, 1.807) is 12.5 Å². The van der Waals surface area contributed by atoms with Gasteiger partial charge in [-0.1, -0.05) is 35.9 Å². The van der Waals surface area contributed by atoms with E-state index in [4.69, 9.17) is 0 Å². The summed E-state index contributed by atoms with van der Waals surface area (Å²) in [5.74, 6) is 0.908. The molecule has 1 aliphatic carbocycles. The Bertz CT molecular complexity index is 518. The van der Waals surface area contributed by atoms with Crippen LogP contribution in [0, 0.1) is 0 Å². The number of benzene rings is 1. The Morgan fingerprint density at radius 1 is 1.37 bits per heavy atom. The molecule has 0 spiro atoms. The van der Waals surface area contributed by atoms with Crippen LogP contribution in [0.5, 0.6) is 0 Å². The number of carbonyl (C=O) groups is 1. The molecule has 1 saturated heterocycles. The van der Waals surface area contributed by atoms with Crippen LogP contribution in [-0.4, -0.2) is 30.3 Å². The highest BCUT2D eigenvalue weighted by molar-refractivity contribution is 5.75. The molecule has 100 valence electrons. The van der Waals surface area contributed by atoms with Crippen molar-refractivity contribution in [3.63, 3.8) is 0 Å². The Kier molecular flexibility index (Phi) is 3.52. The third kappa shape index (κ3) is 2.64. The van der Waals surface area contributed by atoms with Crippen molar-refractivity contribution >= 4 is 11.9 Å². The zero-order chi connectivity index (χ0) is 13.2. The van der Waals surface area contributed by atoms with Gasteiger partial charge in [-0.2, -0.15) is 0 Å². The highest BCUT2D eigenvalue weighted by atomic mass is 16.1. The molecule has 2 heteroatoms. The van der Waals surface area contributed by atoms with E-state index >= 15 is 0 Å². The number of ketones is 1. The molecule has 19 heavy (non-hydrogen) atoms. The van der Waals surface area contributed by atoms with Crippen LogP contribution in [0.4, 0.5) is 0 Å². The molecule has 0 radical (unpaired) electrons. The molecule has 3 rings (SSSR count). The van der Waals surface area contributed by atoms with Crippen LogP contribution in [0.25, 0.3) is 6.08 Å². The molecule has 1 fully saturated rings. The van der Waals surface area contributed by atoms with Gasteiger partial charge in [0.1, 0.15) is 5.78 Å². The lowest BCUT2D eigenvalue weighted by molar-refractivity contribution is -0.117. The zero-order valence-electron chi connectivity index (χ0n) is 11.6. The average molecular weight is 255 g/mol. The average Bonchev–Trinajstić information content (AvgIpc) is 2.76. The lowest BCUT2D eigenvalue weighted by Crippen LogP contribution is -2.35. The fraction of sp³-hybridized carbons (Fsp3) is 0.471. The number of likely N-dealkylation sites (tertiary alicyclic amines) is 1. The Hall–Kier alpha value is -1.41. The Labute approximate surface area is 115 Å². The van der Waals surface area contributed by atoms with Crippen LogP contribution in [0.15, 0.2) is 29.8 Å². The number of hydrogen-bond acceptors (Lipinski definition) is 2. The summed E-state index contributed by atoms with van der Waals surface area (Å²) in [6.07, 6.45) is 5.29. The number of fused-ring (bicyclic) bond motifs is 3. The van der Waals surface area contributed by atoms with Gasteiger partial charge in [-0.05, 0) is 37.4 Å². The molecular weight excluding hydrogens is 234 g/mol. The molecule has 1 aromatic carbocycles. The molecular formula is C17H21NO. The zero-order valence-corrected chi connectivity index (χ0v) is 11.6. The number of Topliss-reactive ketones (excluding diaryl/α,β-unsaturated/α-hetero) is 1. The van der Waals surface area contributed by atoms with E-state index in [1.165, 1.54) is 17.5 Å². The summed E-state index contributed by atoms with van der Waals surface area (Å²) in [6, 6.07) is 8.76. The van der Waals surface area contributed by atoms with Crippen LogP contribution in [0.2, 0.25) is 0 Å². The standard InChI is InChI=1S/C17H21NO/c1-13(19)5-4-9-18-10-8-15-11-14-6-2-3-7-16(14)17(15)12-18/h2-3,6-7,11,17H,4-5,8-10,12H2,1H3. The first-order valence-electron chi connectivity index (χ1n) is 7.25. The molecule has 0 N–H and O–H groups in total. The van der Waals surface area contributed by atoms with Crippen molar-refractivity contribution in [3.05, 3.63) is 41.0 Å². The molecule has 1 atom stereocenters. The number of hydrogen-bond donors (Lipinski definition) is 0. The second-order valence-electron chi connectivity index (χ2n) is 5.76. The summed E-state index contributed by atoms with van der Waals surface area (Å²) in [4.78, 5) is 13.5. The first-order chi connectivity index (χ1) is 9.24. The number of nitrogens with zero attached hydrogens (tertiary/aromatic N) is 1. The molecule has 0 aromatic heterocycles. The van der Waals surface area contributed by atoms with E-state index in [2.05, 4.69) is 35.2 Å². The van der Waals surface area contributed by atoms with Crippen molar-refractivity contribution < 1.29 is 4.79 Å². The van der Waals surface area contributed by atoms with Crippen LogP contribution in [0.1, 0.15) is 43.2 Å². The van der Waals surface area contributed by atoms with Crippen molar-refractivity contribution in [2.75, 3.05) is 19.6 Å². The second-order valence-corrected chi connectivity index (χ2v) is 5.76. The van der Waals surface area contributed by atoms with Gasteiger partial charge in [-0.15, -0.1) is 0 Å². The largest absolute Gasteiger partial charge is 0.302 e. The van der Waals surface area contributed by atoms with Crippen LogP contribution >= 0.6 is 0 Å². The summed E-state index contributed by atoms with van der Waals surface area (Å²) in [5.41, 5.74) is 4.51. The van der Waals surface area contributed by atoms with Gasteiger partial charge in [-0.25, -0.2) is 0 Å². The van der Waals surface area contributed by atoms with Crippen molar-refractivity contribution in [3.8, 4) is 0 Å². The molecule has 1 heterocycles. The molecule has 0 amide bonds. The molecule has 0 saturated carbocycles. The van der Waals surface area contributed by atoms with E-state index < -0.39 is 0 Å². The monoisotopic (exact) mass is 255 g/mol. The SMILES string of the molecule is CC(=O)CCCN1CCC2=Cc3ccccc3C2C1. The molecule has 1 unspecified atom stereocenters. The van der Waals surface area contributed by atoms with Crippen molar-refractivity contribution in [1.82, 2.24) is 4.90 Å². The number of carbonyl (C=O) groups excluding carboxylic acids is 1. The summed E-state index contributed by atoms with van der Waals surface area (Å²) in [6.45, 7) is 5.02. The molecule has 2 nitrogen and oxygen atoms in total. The normalized spacial score (nSPS) is 21.7. The van der Waals surface area contributed by atoms with E-state index in [1.807, 2.05) is 0 Å². The van der Waals surface area contributed by atoms with Crippen molar-refractivity contribution in [2.45, 2.75) is 32.1 Å². The first kappa shape index (κ1) is 12.6. The number of piperidine rings is 1. The van der Waals surface area contributed by atoms with Gasteiger partial charge >= 0.3 is 0 Å². The smallest absolute Gasteiger partial charge is 0.129 e. The lowest BCUT2D eigenvalue weighted by atomic mass is 9.90. The quantitative estimate of drug-likeness (QED) is 0.823. The van der Waals surface area contributed by atoms with Crippen molar-refractivity contribution in [1.29, 1.82) is 0 Å². The van der Waals surface area contributed by atoms with Gasteiger partial charge in [0.15, 0.2) is 0 Å². The van der Waals surface area contributed by atoms with E-state index in [0.717, 1.165) is 32.5 Å². The van der Waals surface area contributed by atoms with E-state index in [9.17, 15) is 4.79 Å². The fourth-order valence-corrected chi connectivity index (χ4v) is 3.31. The van der Waals surface area contributed by atoms with Gasteiger partial charge in [0.05, 0.1) is 0 Å². The van der Waals surface area contributed by atoms with Gasteiger partial charge in [0, 0.05) is 25.4 Å². The van der Waals surface area contributed by atoms with Crippen LogP contribution in [-0.2, 0) is 4.79 Å². The van der Waals surface area contributed by atoms with E-state index in [-0.39, 0.29) is 0 Å². The van der Waals surface area contributed by atoms with Gasteiger partial charge in [0.25, 0.3) is 0 Å². The second kappa shape index (κ2) is 5.30. The maximum Gasteiger partial charge on any atom is 0.129 e. The van der Waals surface area contributed by atoms with E-state index in [0.29, 0.717) is 11.7 Å². The van der Waals surface area contributed by atoms with Gasteiger partial charge in [0.2, 0.25) is 0 Å². The summed E-state index contributed by atoms with van der Waals surface area (Å²) in [7, 11) is 0. The number of rotatable bonds is 4. The van der Waals surface area contributed by atoms with Gasteiger partial charge in [-0.3, -0.25) is 0 Å². The molecule has 0 bridgehead atoms. The first-order valence-corrected chi connectivity index (χ1v) is 7.25. The summed E-state index contributed by atoms with van der Waals surface area (Å²) < 4.78 is 0. The third-order valence-corrected chi connectivity index (χ3v) is 4.32. The minimum atomic E-state index is 0.309. The molecule has 2 aliphatic rings. The van der Waals surface area contributed by atoms with Crippen LogP contribution in [0.3, 0.4) is 0 Å². The highest BCUT2D eigenvalue weighted by Gasteiger charge is 2.30. The predicted octanol–water partition coefficient (Wildman–Crippen LogP) is 3.24. The molecule has 1 aliphatic heterocycles. The maximum absolute atomic E-state index is 11.0. The topological polar surface area (TPSA) is 20.3 Å². The van der Waals surface area contributed by atoms with Crippen LogP contribution < -0.4 is 0 Å². The highest BCUT2D eigenvalue weighted by Crippen LogP contribution is 2.40. The maximum atomic E-state index is 11.0. The third-order valence-electron chi connectivity index (χ3n) is 4.32. The Balaban J connectivity index is 1.64. The lowest BCUT2D eigenvalue weighted by Gasteiger charge is -2.33.